The number of halogens is 1. The molecule has 0 bridgehead atoms. The number of aliphatic imine (C=N–C) groups is 1. The Balaban J connectivity index is 2.26. The minimum Gasteiger partial charge on any atom is -0.495 e. The largest absolute Gasteiger partial charge is 0.495 e. The Morgan fingerprint density at radius 2 is 2.09 bits per heavy atom. The number of hydrogen-bond donors (Lipinski definition) is 1. The van der Waals surface area contributed by atoms with Crippen LogP contribution in [0.3, 0.4) is 0 Å². The summed E-state index contributed by atoms with van der Waals surface area (Å²) in [4.78, 5) is 16.3. The summed E-state index contributed by atoms with van der Waals surface area (Å²) < 4.78 is 5.20. The quantitative estimate of drug-likeness (QED) is 0.922. The second-order valence-corrected chi connectivity index (χ2v) is 5.31. The molecule has 0 fully saturated rings. The van der Waals surface area contributed by atoms with Crippen molar-refractivity contribution in [2.24, 2.45) is 4.99 Å². The average molecular weight is 326 g/mol. The van der Waals surface area contributed by atoms with Crippen molar-refractivity contribution in [3.63, 3.8) is 0 Å². The predicted molar refractivity (Wildman–Crippen MR) is 88.3 cm³/mol. The fourth-order valence-corrected chi connectivity index (χ4v) is 2.67. The van der Waals surface area contributed by atoms with Crippen LogP contribution in [0, 0.1) is 11.3 Å². The number of ether oxygens (including phenoxy) is 1. The molecule has 6 heteroatoms. The van der Waals surface area contributed by atoms with Gasteiger partial charge in [-0.1, -0.05) is 29.8 Å². The number of carbonyl (C=O) groups is 1. The highest BCUT2D eigenvalue weighted by molar-refractivity contribution is 6.36. The number of anilines is 1. The van der Waals surface area contributed by atoms with E-state index in [0.717, 1.165) is 0 Å². The molecule has 0 spiro atoms. The summed E-state index contributed by atoms with van der Waals surface area (Å²) in [6, 6.07) is 12.6. The molecule has 1 aliphatic heterocycles. The van der Waals surface area contributed by atoms with Crippen LogP contribution in [-0.2, 0) is 4.79 Å². The van der Waals surface area contributed by atoms with Gasteiger partial charge in [0.15, 0.2) is 0 Å². The Hall–Kier alpha value is -2.84. The van der Waals surface area contributed by atoms with Gasteiger partial charge in [-0.25, -0.2) is 0 Å². The van der Waals surface area contributed by atoms with Crippen LogP contribution in [0.25, 0.3) is 0 Å². The Bertz CT molecular complexity index is 869. The maximum atomic E-state index is 11.9. The maximum absolute atomic E-state index is 11.9. The number of carbonyl (C=O) groups excluding carboxylic acids is 1. The van der Waals surface area contributed by atoms with Crippen LogP contribution in [0.5, 0.6) is 5.75 Å². The first-order valence-electron chi connectivity index (χ1n) is 6.85. The van der Waals surface area contributed by atoms with Crippen LogP contribution in [-0.4, -0.2) is 25.3 Å². The van der Waals surface area contributed by atoms with E-state index >= 15 is 0 Å². The smallest absolute Gasteiger partial charge is 0.246 e. The number of methoxy groups -OCH3 is 1. The van der Waals surface area contributed by atoms with Crippen molar-refractivity contribution in [2.75, 3.05) is 19.0 Å². The van der Waals surface area contributed by atoms with Crippen LogP contribution in [0.4, 0.5) is 5.69 Å². The van der Waals surface area contributed by atoms with Crippen molar-refractivity contribution in [1.29, 1.82) is 5.26 Å². The zero-order valence-electron chi connectivity index (χ0n) is 12.3. The van der Waals surface area contributed by atoms with E-state index in [1.54, 1.807) is 18.2 Å². The van der Waals surface area contributed by atoms with Gasteiger partial charge in [0.05, 0.1) is 24.1 Å². The van der Waals surface area contributed by atoms with Gasteiger partial charge in [-0.15, -0.1) is 0 Å². The highest BCUT2D eigenvalue weighted by atomic mass is 35.5. The van der Waals surface area contributed by atoms with Gasteiger partial charge >= 0.3 is 0 Å². The van der Waals surface area contributed by atoms with E-state index in [1.165, 1.54) is 7.11 Å². The number of hydrogen-bond acceptors (Lipinski definition) is 4. The normalized spacial score (nSPS) is 13.3. The van der Waals surface area contributed by atoms with E-state index in [2.05, 4.69) is 16.4 Å². The molecule has 2 aromatic carbocycles. The zero-order valence-corrected chi connectivity index (χ0v) is 13.0. The number of benzodiazepines with no additional fused rings is 1. The molecule has 3 rings (SSSR count). The number of fused-ring (bicyclic) bond motifs is 1. The SMILES string of the molecule is COc1cc2c(cc1C#N)C(c1ccccc1Cl)=NCC(=O)N2. The predicted octanol–water partition coefficient (Wildman–Crippen LogP) is 3.01. The zero-order chi connectivity index (χ0) is 16.4. The molecule has 2 aromatic rings. The first-order valence-corrected chi connectivity index (χ1v) is 7.23. The first-order chi connectivity index (χ1) is 11.1. The molecular weight excluding hydrogens is 314 g/mol. The second kappa shape index (κ2) is 6.11. The van der Waals surface area contributed by atoms with Crippen LogP contribution in [0.2, 0.25) is 5.02 Å². The van der Waals surface area contributed by atoms with Crippen LogP contribution < -0.4 is 10.1 Å². The van der Waals surface area contributed by atoms with Gasteiger partial charge in [0.25, 0.3) is 0 Å². The van der Waals surface area contributed by atoms with Crippen LogP contribution >= 0.6 is 11.6 Å². The number of nitrogens with one attached hydrogen (secondary N) is 1. The van der Waals surface area contributed by atoms with Gasteiger partial charge in [-0.3, -0.25) is 9.79 Å². The van der Waals surface area contributed by atoms with Gasteiger partial charge in [-0.05, 0) is 12.1 Å². The molecule has 0 saturated carbocycles. The maximum Gasteiger partial charge on any atom is 0.246 e. The standard InChI is InChI=1S/C17H12ClN3O2/c1-23-15-7-14-12(6-10(15)8-19)17(20-9-16(22)21-14)11-4-2-3-5-13(11)18/h2-7H,9H2,1H3,(H,21,22). The molecule has 0 unspecified atom stereocenters. The van der Waals surface area contributed by atoms with Gasteiger partial charge in [0, 0.05) is 22.2 Å². The summed E-state index contributed by atoms with van der Waals surface area (Å²) in [5.74, 6) is 0.159. The molecule has 0 atom stereocenters. The third-order valence-corrected chi connectivity index (χ3v) is 3.83. The molecule has 0 radical (unpaired) electrons. The Morgan fingerprint density at radius 3 is 2.78 bits per heavy atom. The molecule has 0 saturated heterocycles. The fourth-order valence-electron chi connectivity index (χ4n) is 2.44. The molecule has 1 aliphatic rings. The van der Waals surface area contributed by atoms with Crippen molar-refractivity contribution in [2.45, 2.75) is 0 Å². The molecule has 1 amide bonds. The number of rotatable bonds is 2. The Morgan fingerprint density at radius 1 is 1.30 bits per heavy atom. The fraction of sp³-hybridized carbons (Fsp3) is 0.118. The van der Waals surface area contributed by atoms with Crippen molar-refractivity contribution >= 4 is 28.9 Å². The van der Waals surface area contributed by atoms with Crippen molar-refractivity contribution in [3.05, 3.63) is 58.1 Å². The molecule has 114 valence electrons. The monoisotopic (exact) mass is 325 g/mol. The van der Waals surface area contributed by atoms with E-state index in [0.29, 0.717) is 38.9 Å². The molecule has 1 N–H and O–H groups in total. The first kappa shape index (κ1) is 15.1. The lowest BCUT2D eigenvalue weighted by molar-refractivity contribution is -0.114. The van der Waals surface area contributed by atoms with Gasteiger partial charge in [-0.2, -0.15) is 5.26 Å². The lowest BCUT2D eigenvalue weighted by atomic mass is 9.98. The minimum atomic E-state index is -0.236. The van der Waals surface area contributed by atoms with Crippen LogP contribution in [0.1, 0.15) is 16.7 Å². The number of nitrogens with zero attached hydrogens (tertiary/aromatic N) is 2. The summed E-state index contributed by atoms with van der Waals surface area (Å²) in [6.45, 7) is -0.0144. The summed E-state index contributed by atoms with van der Waals surface area (Å²) in [5.41, 5.74) is 2.83. The van der Waals surface area contributed by atoms with Crippen molar-refractivity contribution in [3.8, 4) is 11.8 Å². The lowest BCUT2D eigenvalue weighted by Crippen LogP contribution is -2.13. The van der Waals surface area contributed by atoms with Crippen molar-refractivity contribution < 1.29 is 9.53 Å². The van der Waals surface area contributed by atoms with E-state index in [-0.39, 0.29) is 12.5 Å². The van der Waals surface area contributed by atoms with Crippen LogP contribution in [0.15, 0.2) is 41.4 Å². The minimum absolute atomic E-state index is 0.0144. The van der Waals surface area contributed by atoms with E-state index in [4.69, 9.17) is 16.3 Å². The van der Waals surface area contributed by atoms with Gasteiger partial charge in [0.1, 0.15) is 18.4 Å². The Kier molecular flexibility index (Phi) is 4.00. The summed E-state index contributed by atoms with van der Waals surface area (Å²) >= 11 is 6.27. The van der Waals surface area contributed by atoms with E-state index in [1.807, 2.05) is 18.2 Å². The van der Waals surface area contributed by atoms with E-state index < -0.39 is 0 Å². The highest BCUT2D eigenvalue weighted by Gasteiger charge is 2.22. The van der Waals surface area contributed by atoms with E-state index in [9.17, 15) is 10.1 Å². The highest BCUT2D eigenvalue weighted by Crippen LogP contribution is 2.31. The molecule has 23 heavy (non-hydrogen) atoms. The average Bonchev–Trinajstić information content (AvgIpc) is 2.72. The Labute approximate surface area is 138 Å². The molecular formula is C17H12ClN3O2. The second-order valence-electron chi connectivity index (χ2n) is 4.90. The molecule has 0 aliphatic carbocycles. The lowest BCUT2D eigenvalue weighted by Gasteiger charge is -2.13. The summed E-state index contributed by atoms with van der Waals surface area (Å²) in [6.07, 6.45) is 0. The number of amides is 1. The van der Waals surface area contributed by atoms with Gasteiger partial charge < -0.3 is 10.1 Å². The topological polar surface area (TPSA) is 74.5 Å². The summed E-state index contributed by atoms with van der Waals surface area (Å²) in [7, 11) is 1.48. The molecule has 0 aromatic heterocycles. The third kappa shape index (κ3) is 2.77. The third-order valence-electron chi connectivity index (χ3n) is 3.50. The molecule has 1 heterocycles. The summed E-state index contributed by atoms with van der Waals surface area (Å²) in [5, 5.41) is 12.6. The number of nitriles is 1. The van der Waals surface area contributed by atoms with Crippen molar-refractivity contribution in [1.82, 2.24) is 0 Å². The number of benzene rings is 2. The molecule has 5 nitrogen and oxygen atoms in total. The van der Waals surface area contributed by atoms with Gasteiger partial charge in [0.2, 0.25) is 5.91 Å².